The number of hydrogen-bond acceptors (Lipinski definition) is 2. The predicted molar refractivity (Wildman–Crippen MR) is 61.3 cm³/mol. The molecule has 5 heteroatoms. The Hall–Kier alpha value is -2.04. The first-order valence-electron chi connectivity index (χ1n) is 5.32. The van der Waals surface area contributed by atoms with Crippen molar-refractivity contribution < 1.29 is 4.79 Å². The molecular formula is C11H12N4O. The molecule has 5 nitrogen and oxygen atoms in total. The Bertz CT molecular complexity index is 530. The van der Waals surface area contributed by atoms with Gasteiger partial charge in [0, 0.05) is 11.7 Å². The molecule has 0 radical (unpaired) electrons. The van der Waals surface area contributed by atoms with Gasteiger partial charge in [-0.15, -0.1) is 0 Å². The van der Waals surface area contributed by atoms with Crippen LogP contribution in [0.2, 0.25) is 0 Å². The van der Waals surface area contributed by atoms with E-state index in [1.165, 1.54) is 0 Å². The number of imidazole rings is 1. The zero-order valence-corrected chi connectivity index (χ0v) is 8.66. The van der Waals surface area contributed by atoms with E-state index in [1.54, 1.807) is 6.33 Å². The van der Waals surface area contributed by atoms with Crippen molar-refractivity contribution in [2.45, 2.75) is 18.9 Å². The summed E-state index contributed by atoms with van der Waals surface area (Å²) >= 11 is 0. The molecule has 82 valence electrons. The van der Waals surface area contributed by atoms with Gasteiger partial charge in [-0.25, -0.2) is 9.78 Å². The van der Waals surface area contributed by atoms with E-state index >= 15 is 0 Å². The van der Waals surface area contributed by atoms with Crippen molar-refractivity contribution in [2.24, 2.45) is 0 Å². The van der Waals surface area contributed by atoms with Crippen LogP contribution in [0.4, 0.5) is 10.5 Å². The highest BCUT2D eigenvalue weighted by Gasteiger charge is 2.23. The zero-order valence-electron chi connectivity index (χ0n) is 8.66. The van der Waals surface area contributed by atoms with Crippen LogP contribution in [0.5, 0.6) is 0 Å². The quantitative estimate of drug-likeness (QED) is 0.717. The lowest BCUT2D eigenvalue weighted by atomic mass is 10.3. The van der Waals surface area contributed by atoms with Crippen LogP contribution in [-0.4, -0.2) is 22.0 Å². The Morgan fingerprint density at radius 1 is 1.44 bits per heavy atom. The highest BCUT2D eigenvalue weighted by Crippen LogP contribution is 2.19. The van der Waals surface area contributed by atoms with Crippen molar-refractivity contribution in [1.82, 2.24) is 15.3 Å². The van der Waals surface area contributed by atoms with Crippen molar-refractivity contribution in [3.63, 3.8) is 0 Å². The molecule has 1 saturated carbocycles. The lowest BCUT2D eigenvalue weighted by Crippen LogP contribution is -2.30. The summed E-state index contributed by atoms with van der Waals surface area (Å²) in [7, 11) is 0. The monoisotopic (exact) mass is 216 g/mol. The summed E-state index contributed by atoms with van der Waals surface area (Å²) in [6.45, 7) is 0. The number of carbonyl (C=O) groups excluding carboxylic acids is 1. The first-order valence-corrected chi connectivity index (χ1v) is 5.32. The molecule has 2 amide bonds. The van der Waals surface area contributed by atoms with Gasteiger partial charge in [-0.05, 0) is 31.0 Å². The van der Waals surface area contributed by atoms with Crippen molar-refractivity contribution in [2.75, 3.05) is 5.32 Å². The molecule has 1 aromatic heterocycles. The molecule has 0 spiro atoms. The molecule has 1 fully saturated rings. The number of fused-ring (bicyclic) bond motifs is 1. The van der Waals surface area contributed by atoms with Crippen LogP contribution in [-0.2, 0) is 0 Å². The van der Waals surface area contributed by atoms with Crippen LogP contribution < -0.4 is 10.6 Å². The van der Waals surface area contributed by atoms with Crippen molar-refractivity contribution >= 4 is 22.8 Å². The maximum absolute atomic E-state index is 11.5. The Morgan fingerprint density at radius 3 is 3.12 bits per heavy atom. The SMILES string of the molecule is O=C(Nc1ccc2nc[nH]c2c1)NC1CC1. The number of nitrogens with one attached hydrogen (secondary N) is 3. The second-order valence-corrected chi connectivity index (χ2v) is 4.01. The summed E-state index contributed by atoms with van der Waals surface area (Å²) in [6.07, 6.45) is 3.82. The summed E-state index contributed by atoms with van der Waals surface area (Å²) in [5, 5.41) is 5.67. The van der Waals surface area contributed by atoms with Gasteiger partial charge in [-0.2, -0.15) is 0 Å². The number of aromatic amines is 1. The molecule has 1 aliphatic carbocycles. The van der Waals surface area contributed by atoms with Gasteiger partial charge < -0.3 is 15.6 Å². The molecule has 1 aromatic carbocycles. The summed E-state index contributed by atoms with van der Waals surface area (Å²) in [4.78, 5) is 18.6. The van der Waals surface area contributed by atoms with E-state index in [-0.39, 0.29) is 6.03 Å². The Morgan fingerprint density at radius 2 is 2.31 bits per heavy atom. The number of rotatable bonds is 2. The molecule has 0 bridgehead atoms. The van der Waals surface area contributed by atoms with E-state index in [4.69, 9.17) is 0 Å². The van der Waals surface area contributed by atoms with E-state index < -0.39 is 0 Å². The van der Waals surface area contributed by atoms with E-state index in [2.05, 4.69) is 20.6 Å². The third-order valence-electron chi connectivity index (χ3n) is 2.59. The summed E-state index contributed by atoms with van der Waals surface area (Å²) < 4.78 is 0. The first kappa shape index (κ1) is 9.21. The van der Waals surface area contributed by atoms with Crippen LogP contribution in [0.3, 0.4) is 0 Å². The minimum atomic E-state index is -0.138. The fourth-order valence-electron chi connectivity index (χ4n) is 1.59. The molecule has 1 aliphatic rings. The minimum Gasteiger partial charge on any atom is -0.345 e. The molecule has 3 rings (SSSR count). The number of nitrogens with zero attached hydrogens (tertiary/aromatic N) is 1. The molecule has 2 aromatic rings. The fourth-order valence-corrected chi connectivity index (χ4v) is 1.59. The average Bonchev–Trinajstić information content (AvgIpc) is 2.95. The molecule has 0 saturated heterocycles. The number of H-pyrrole nitrogens is 1. The largest absolute Gasteiger partial charge is 0.345 e. The third-order valence-corrected chi connectivity index (χ3v) is 2.59. The highest BCUT2D eigenvalue weighted by atomic mass is 16.2. The Labute approximate surface area is 92.3 Å². The number of hydrogen-bond donors (Lipinski definition) is 3. The maximum atomic E-state index is 11.5. The van der Waals surface area contributed by atoms with E-state index in [1.807, 2.05) is 18.2 Å². The Balaban J connectivity index is 1.74. The van der Waals surface area contributed by atoms with E-state index in [0.717, 1.165) is 29.6 Å². The lowest BCUT2D eigenvalue weighted by Gasteiger charge is -2.06. The average molecular weight is 216 g/mol. The van der Waals surface area contributed by atoms with Crippen molar-refractivity contribution in [3.8, 4) is 0 Å². The van der Waals surface area contributed by atoms with Crippen LogP contribution in [0, 0.1) is 0 Å². The zero-order chi connectivity index (χ0) is 11.0. The number of carbonyl (C=O) groups is 1. The number of urea groups is 1. The minimum absolute atomic E-state index is 0.138. The Kier molecular flexibility index (Phi) is 2.02. The van der Waals surface area contributed by atoms with E-state index in [0.29, 0.717) is 6.04 Å². The number of amides is 2. The van der Waals surface area contributed by atoms with Crippen LogP contribution in [0.15, 0.2) is 24.5 Å². The number of aromatic nitrogens is 2. The van der Waals surface area contributed by atoms with Gasteiger partial charge in [0.2, 0.25) is 0 Å². The van der Waals surface area contributed by atoms with Gasteiger partial charge in [0.05, 0.1) is 17.4 Å². The van der Waals surface area contributed by atoms with E-state index in [9.17, 15) is 4.79 Å². The third kappa shape index (κ3) is 1.84. The predicted octanol–water partition coefficient (Wildman–Crippen LogP) is 1.85. The molecular weight excluding hydrogens is 204 g/mol. The molecule has 16 heavy (non-hydrogen) atoms. The highest BCUT2D eigenvalue weighted by molar-refractivity contribution is 5.92. The number of anilines is 1. The second-order valence-electron chi connectivity index (χ2n) is 4.01. The number of benzene rings is 1. The topological polar surface area (TPSA) is 69.8 Å². The van der Waals surface area contributed by atoms with Gasteiger partial charge in [0.1, 0.15) is 0 Å². The summed E-state index contributed by atoms with van der Waals surface area (Å²) in [6, 6.07) is 5.82. The second kappa shape index (κ2) is 3.52. The summed E-state index contributed by atoms with van der Waals surface area (Å²) in [5.41, 5.74) is 2.59. The van der Waals surface area contributed by atoms with Gasteiger partial charge >= 0.3 is 6.03 Å². The van der Waals surface area contributed by atoms with Crippen molar-refractivity contribution in [1.29, 1.82) is 0 Å². The standard InChI is InChI=1S/C11H12N4O/c16-11(14-7-1-2-7)15-8-3-4-9-10(5-8)13-6-12-9/h3-7H,1-2H2,(H,12,13)(H2,14,15,16). The van der Waals surface area contributed by atoms with Crippen LogP contribution in [0.1, 0.15) is 12.8 Å². The molecule has 0 unspecified atom stereocenters. The molecule has 3 N–H and O–H groups in total. The smallest absolute Gasteiger partial charge is 0.319 e. The lowest BCUT2D eigenvalue weighted by molar-refractivity contribution is 0.251. The van der Waals surface area contributed by atoms with Gasteiger partial charge in [0.15, 0.2) is 0 Å². The molecule has 1 heterocycles. The van der Waals surface area contributed by atoms with Gasteiger partial charge in [0.25, 0.3) is 0 Å². The molecule has 0 aliphatic heterocycles. The van der Waals surface area contributed by atoms with Crippen LogP contribution >= 0.6 is 0 Å². The normalized spacial score (nSPS) is 15.0. The summed E-state index contributed by atoms with van der Waals surface area (Å²) in [5.74, 6) is 0. The van der Waals surface area contributed by atoms with Crippen LogP contribution in [0.25, 0.3) is 11.0 Å². The first-order chi connectivity index (χ1) is 7.81. The fraction of sp³-hybridized carbons (Fsp3) is 0.273. The van der Waals surface area contributed by atoms with Crippen molar-refractivity contribution in [3.05, 3.63) is 24.5 Å². The van der Waals surface area contributed by atoms with Gasteiger partial charge in [-0.3, -0.25) is 0 Å². The molecule has 0 atom stereocenters. The maximum Gasteiger partial charge on any atom is 0.319 e. The van der Waals surface area contributed by atoms with Gasteiger partial charge in [-0.1, -0.05) is 0 Å².